The van der Waals surface area contributed by atoms with E-state index in [9.17, 15) is 8.78 Å². The first-order valence-corrected chi connectivity index (χ1v) is 11.6. The normalized spacial score (nSPS) is 23.3. The highest BCUT2D eigenvalue weighted by Crippen LogP contribution is 2.57. The molecule has 3 aliphatic rings. The number of rotatable bonds is 4. The minimum atomic E-state index is -1.08. The van der Waals surface area contributed by atoms with Crippen molar-refractivity contribution >= 4 is 11.9 Å². The number of fused-ring (bicyclic) bond motifs is 1. The summed E-state index contributed by atoms with van der Waals surface area (Å²) in [6.45, 7) is 4.38. The second-order valence-electron chi connectivity index (χ2n) is 9.75. The molecule has 1 saturated heterocycles. The van der Waals surface area contributed by atoms with Crippen molar-refractivity contribution in [2.24, 2.45) is 10.6 Å². The van der Waals surface area contributed by atoms with Crippen molar-refractivity contribution in [3.63, 3.8) is 0 Å². The van der Waals surface area contributed by atoms with E-state index < -0.39 is 17.4 Å². The van der Waals surface area contributed by atoms with Crippen LogP contribution in [0.3, 0.4) is 0 Å². The van der Waals surface area contributed by atoms with Gasteiger partial charge in [-0.1, -0.05) is 11.2 Å². The maximum Gasteiger partial charge on any atom is 0.234 e. The van der Waals surface area contributed by atoms with E-state index in [0.717, 1.165) is 48.7 Å². The van der Waals surface area contributed by atoms with E-state index in [0.29, 0.717) is 23.0 Å². The Bertz CT molecular complexity index is 1370. The fourth-order valence-corrected chi connectivity index (χ4v) is 5.06. The van der Waals surface area contributed by atoms with Gasteiger partial charge >= 0.3 is 0 Å². The fraction of sp³-hybridized carbons (Fsp3) is 0.346. The molecule has 0 N–H and O–H groups in total. The second-order valence-corrected chi connectivity index (χ2v) is 9.75. The molecule has 7 nitrogen and oxygen atoms in total. The number of piperidine rings is 1. The van der Waals surface area contributed by atoms with E-state index in [1.54, 1.807) is 18.1 Å². The highest BCUT2D eigenvalue weighted by molar-refractivity contribution is 6.04. The van der Waals surface area contributed by atoms with Gasteiger partial charge in [0.1, 0.15) is 35.2 Å². The summed E-state index contributed by atoms with van der Waals surface area (Å²) in [7, 11) is 1.62. The Labute approximate surface area is 201 Å². The number of ether oxygens (including phenoxy) is 1. The van der Waals surface area contributed by atoms with Crippen molar-refractivity contribution < 1.29 is 18.4 Å². The van der Waals surface area contributed by atoms with Crippen LogP contribution in [-0.4, -0.2) is 39.2 Å². The number of amidine groups is 1. The highest BCUT2D eigenvalue weighted by Gasteiger charge is 2.56. The summed E-state index contributed by atoms with van der Waals surface area (Å²) >= 11 is 0. The van der Waals surface area contributed by atoms with Crippen LogP contribution < -0.4 is 4.74 Å². The summed E-state index contributed by atoms with van der Waals surface area (Å²) in [5.74, 6) is 0.770. The van der Waals surface area contributed by atoms with Gasteiger partial charge in [0.2, 0.25) is 5.72 Å². The minimum Gasteiger partial charge on any atom is -0.494 e. The molecule has 0 radical (unpaired) electrons. The second kappa shape index (κ2) is 7.63. The van der Waals surface area contributed by atoms with Crippen LogP contribution in [0.1, 0.15) is 43.1 Å². The van der Waals surface area contributed by atoms with E-state index in [-0.39, 0.29) is 5.41 Å². The third-order valence-corrected chi connectivity index (χ3v) is 7.18. The van der Waals surface area contributed by atoms with Gasteiger partial charge in [0, 0.05) is 25.1 Å². The van der Waals surface area contributed by atoms with Crippen LogP contribution in [0.5, 0.6) is 5.75 Å². The summed E-state index contributed by atoms with van der Waals surface area (Å²) in [5, 5.41) is 8.78. The van der Waals surface area contributed by atoms with Gasteiger partial charge < -0.3 is 14.5 Å². The standard InChI is InChI=1S/C26H25F2N5O2/c1-16-29-15-33(30-16)22-5-4-17(9-23(22)34-3)8-18-13-26(6-7-26)14-32-24(18)31-35-25(32,2)19-10-20(27)12-21(28)11-19/h4-5,8-12,15H,6-7,13-14H2,1-3H3/b18-8+. The molecule has 1 unspecified atom stereocenters. The lowest BCUT2D eigenvalue weighted by Gasteiger charge is -2.41. The molecule has 1 saturated carbocycles. The Hall–Kier alpha value is -3.75. The van der Waals surface area contributed by atoms with Crippen molar-refractivity contribution in [3.8, 4) is 11.4 Å². The van der Waals surface area contributed by atoms with Gasteiger partial charge in [0.05, 0.1) is 7.11 Å². The minimum absolute atomic E-state index is 0.119. The van der Waals surface area contributed by atoms with Gasteiger partial charge in [-0.3, -0.25) is 0 Å². The van der Waals surface area contributed by atoms with Gasteiger partial charge in [-0.05, 0) is 73.1 Å². The Kier molecular flexibility index (Phi) is 4.74. The van der Waals surface area contributed by atoms with Gasteiger partial charge in [0.25, 0.3) is 0 Å². The average Bonchev–Trinajstić information content (AvgIpc) is 3.26. The molecule has 9 heteroatoms. The molecule has 35 heavy (non-hydrogen) atoms. The molecule has 180 valence electrons. The number of hydrogen-bond donors (Lipinski definition) is 0. The molecule has 3 aromatic rings. The molecule has 2 aromatic carbocycles. The van der Waals surface area contributed by atoms with E-state index in [1.807, 2.05) is 36.9 Å². The SMILES string of the molecule is COc1cc(/C=C2\CC3(CC3)CN3C2=NOC3(C)c2cc(F)cc(F)c2)ccc1-n1cnc(C)n1. The fourth-order valence-electron chi connectivity index (χ4n) is 5.06. The number of halogens is 2. The van der Waals surface area contributed by atoms with E-state index in [1.165, 1.54) is 12.1 Å². The molecule has 1 aromatic heterocycles. The number of nitrogens with zero attached hydrogens (tertiary/aromatic N) is 5. The van der Waals surface area contributed by atoms with Crippen LogP contribution in [0.25, 0.3) is 11.8 Å². The van der Waals surface area contributed by atoms with Gasteiger partial charge in [-0.15, -0.1) is 0 Å². The molecular weight excluding hydrogens is 452 g/mol. The quantitative estimate of drug-likeness (QED) is 0.532. The molecule has 0 bridgehead atoms. The first kappa shape index (κ1) is 21.8. The van der Waals surface area contributed by atoms with Crippen molar-refractivity contribution in [2.75, 3.05) is 13.7 Å². The van der Waals surface area contributed by atoms with Crippen molar-refractivity contribution in [1.82, 2.24) is 19.7 Å². The smallest absolute Gasteiger partial charge is 0.234 e. The topological polar surface area (TPSA) is 64.8 Å². The maximum absolute atomic E-state index is 14.0. The highest BCUT2D eigenvalue weighted by atomic mass is 19.1. The third kappa shape index (κ3) is 3.66. The molecule has 1 aliphatic carbocycles. The molecule has 0 amide bonds. The lowest BCUT2D eigenvalue weighted by molar-refractivity contribution is -0.0971. The van der Waals surface area contributed by atoms with Crippen LogP contribution in [-0.2, 0) is 10.6 Å². The summed E-state index contributed by atoms with van der Waals surface area (Å²) in [6.07, 6.45) is 6.80. The van der Waals surface area contributed by atoms with Gasteiger partial charge in [-0.25, -0.2) is 18.4 Å². The monoisotopic (exact) mass is 477 g/mol. The largest absolute Gasteiger partial charge is 0.494 e. The van der Waals surface area contributed by atoms with E-state index in [2.05, 4.69) is 21.3 Å². The predicted molar refractivity (Wildman–Crippen MR) is 126 cm³/mol. The number of methoxy groups -OCH3 is 1. The summed E-state index contributed by atoms with van der Waals surface area (Å²) in [4.78, 5) is 12.1. The third-order valence-electron chi connectivity index (χ3n) is 7.18. The number of benzene rings is 2. The lowest BCUT2D eigenvalue weighted by atomic mass is 9.86. The van der Waals surface area contributed by atoms with Gasteiger partial charge in [-0.2, -0.15) is 5.10 Å². The number of aryl methyl sites for hydroxylation is 1. The first-order chi connectivity index (χ1) is 16.8. The average molecular weight is 478 g/mol. The Balaban J connectivity index is 1.37. The van der Waals surface area contributed by atoms with Crippen molar-refractivity contribution in [1.29, 1.82) is 0 Å². The zero-order chi connectivity index (χ0) is 24.4. The predicted octanol–water partition coefficient (Wildman–Crippen LogP) is 4.95. The van der Waals surface area contributed by atoms with E-state index >= 15 is 0 Å². The summed E-state index contributed by atoms with van der Waals surface area (Å²) in [6, 6.07) is 9.39. The number of hydrogen-bond acceptors (Lipinski definition) is 6. The number of oxime groups is 1. The van der Waals surface area contributed by atoms with Crippen LogP contribution in [0, 0.1) is 24.0 Å². The van der Waals surface area contributed by atoms with Crippen LogP contribution in [0.4, 0.5) is 8.78 Å². The van der Waals surface area contributed by atoms with Crippen LogP contribution in [0.2, 0.25) is 0 Å². The molecule has 3 heterocycles. The Morgan fingerprint density at radius 3 is 2.54 bits per heavy atom. The van der Waals surface area contributed by atoms with Crippen LogP contribution in [0.15, 0.2) is 53.5 Å². The molecular formula is C26H25F2N5O2. The molecule has 2 fully saturated rings. The number of aromatic nitrogens is 3. The molecule has 6 rings (SSSR count). The molecule has 1 atom stereocenters. The zero-order valence-corrected chi connectivity index (χ0v) is 19.8. The Morgan fingerprint density at radius 1 is 1.11 bits per heavy atom. The summed E-state index contributed by atoms with van der Waals surface area (Å²) in [5.41, 5.74) is 2.21. The van der Waals surface area contributed by atoms with Crippen LogP contribution >= 0.6 is 0 Å². The van der Waals surface area contributed by atoms with E-state index in [4.69, 9.17) is 9.57 Å². The first-order valence-electron chi connectivity index (χ1n) is 11.6. The van der Waals surface area contributed by atoms with Crippen molar-refractivity contribution in [3.05, 3.63) is 76.9 Å². The van der Waals surface area contributed by atoms with Gasteiger partial charge in [0.15, 0.2) is 5.84 Å². The summed E-state index contributed by atoms with van der Waals surface area (Å²) < 4.78 is 35.4. The zero-order valence-electron chi connectivity index (χ0n) is 19.8. The molecule has 2 aliphatic heterocycles. The maximum atomic E-state index is 14.0. The Morgan fingerprint density at radius 2 is 1.89 bits per heavy atom. The lowest BCUT2D eigenvalue weighted by Crippen LogP contribution is -2.50. The van der Waals surface area contributed by atoms with Crippen molar-refractivity contribution in [2.45, 2.75) is 38.8 Å². The molecule has 1 spiro atoms.